The molecule has 0 bridgehead atoms. The lowest BCUT2D eigenvalue weighted by Crippen LogP contribution is -1.98. The summed E-state index contributed by atoms with van der Waals surface area (Å²) < 4.78 is 0. The molecule has 1 aromatic carbocycles. The van der Waals surface area contributed by atoms with E-state index >= 15 is 0 Å². The van der Waals surface area contributed by atoms with Crippen molar-refractivity contribution in [1.29, 1.82) is 0 Å². The number of rotatable bonds is 3. The van der Waals surface area contributed by atoms with E-state index in [2.05, 4.69) is 22.7 Å². The Morgan fingerprint density at radius 1 is 1.27 bits per heavy atom. The normalized spacial score (nSPS) is 9.82. The summed E-state index contributed by atoms with van der Waals surface area (Å²) in [5.74, 6) is 0. The highest BCUT2D eigenvalue weighted by atomic mass is 32.1. The van der Waals surface area contributed by atoms with E-state index in [9.17, 15) is 0 Å². The average molecular weight is 164 g/mol. The summed E-state index contributed by atoms with van der Waals surface area (Å²) in [7, 11) is 0. The molecule has 0 aromatic heterocycles. The minimum absolute atomic E-state index is 1.05. The Bertz CT molecular complexity index is 244. The molecule has 3 heteroatoms. The quantitative estimate of drug-likeness (QED) is 0.416. The number of thiocarbonyl (C=S) groups is 1. The lowest BCUT2D eigenvalue weighted by atomic mass is 10.2. The van der Waals surface area contributed by atoms with Crippen LogP contribution in [0.2, 0.25) is 0 Å². The molecule has 0 spiro atoms. The van der Waals surface area contributed by atoms with Crippen LogP contribution in [0, 0.1) is 0 Å². The maximum absolute atomic E-state index is 4.52. The van der Waals surface area contributed by atoms with Gasteiger partial charge in [0.05, 0.1) is 11.7 Å². The SMILES string of the molecule is S=CNN=Cc1ccccc1. The molecular weight excluding hydrogens is 156 g/mol. The van der Waals surface area contributed by atoms with Gasteiger partial charge < -0.3 is 0 Å². The number of hydrogen-bond acceptors (Lipinski definition) is 2. The molecule has 0 saturated heterocycles. The monoisotopic (exact) mass is 164 g/mol. The highest BCUT2D eigenvalue weighted by Crippen LogP contribution is 1.92. The van der Waals surface area contributed by atoms with Gasteiger partial charge in [-0.05, 0) is 5.56 Å². The highest BCUT2D eigenvalue weighted by molar-refractivity contribution is 7.78. The third-order valence-corrected chi connectivity index (χ3v) is 1.25. The Labute approximate surface area is 70.9 Å². The van der Waals surface area contributed by atoms with E-state index in [0.29, 0.717) is 0 Å². The lowest BCUT2D eigenvalue weighted by molar-refractivity contribution is 1.08. The molecule has 0 heterocycles. The number of benzene rings is 1. The van der Waals surface area contributed by atoms with Crippen LogP contribution >= 0.6 is 12.2 Å². The molecule has 2 nitrogen and oxygen atoms in total. The van der Waals surface area contributed by atoms with Gasteiger partial charge in [0, 0.05) is 0 Å². The molecule has 11 heavy (non-hydrogen) atoms. The fourth-order valence-electron chi connectivity index (χ4n) is 0.681. The molecular formula is C8H8N2S. The van der Waals surface area contributed by atoms with Gasteiger partial charge in [0.25, 0.3) is 0 Å². The Morgan fingerprint density at radius 3 is 2.64 bits per heavy atom. The van der Waals surface area contributed by atoms with Crippen molar-refractivity contribution in [3.8, 4) is 0 Å². The van der Waals surface area contributed by atoms with Crippen molar-refractivity contribution >= 4 is 23.9 Å². The van der Waals surface area contributed by atoms with Crippen LogP contribution in [0.25, 0.3) is 0 Å². The standard InChI is InChI=1S/C8H8N2S/c11-7-10-9-6-8-4-2-1-3-5-8/h1-7H,(H,10,11). The van der Waals surface area contributed by atoms with Crippen LogP contribution in [0.1, 0.15) is 5.56 Å². The van der Waals surface area contributed by atoms with E-state index in [0.717, 1.165) is 5.56 Å². The Balaban J connectivity index is 2.57. The summed E-state index contributed by atoms with van der Waals surface area (Å²) in [4.78, 5) is 0. The molecule has 1 N–H and O–H groups in total. The van der Waals surface area contributed by atoms with Gasteiger partial charge in [-0.3, -0.25) is 5.43 Å². The minimum Gasteiger partial charge on any atom is -0.275 e. The van der Waals surface area contributed by atoms with Crippen LogP contribution in [0.4, 0.5) is 0 Å². The van der Waals surface area contributed by atoms with Crippen molar-refractivity contribution in [2.24, 2.45) is 5.10 Å². The molecule has 0 saturated carbocycles. The first-order chi connectivity index (χ1) is 5.43. The van der Waals surface area contributed by atoms with Crippen LogP contribution in [0.15, 0.2) is 35.4 Å². The van der Waals surface area contributed by atoms with Gasteiger partial charge in [-0.1, -0.05) is 42.5 Å². The topological polar surface area (TPSA) is 24.4 Å². The molecule has 1 rings (SSSR count). The zero-order valence-corrected chi connectivity index (χ0v) is 6.71. The predicted molar refractivity (Wildman–Crippen MR) is 50.8 cm³/mol. The van der Waals surface area contributed by atoms with Gasteiger partial charge in [-0.15, -0.1) is 0 Å². The zero-order valence-electron chi connectivity index (χ0n) is 5.90. The smallest absolute Gasteiger partial charge is 0.0829 e. The summed E-state index contributed by atoms with van der Waals surface area (Å²) in [6.45, 7) is 0. The van der Waals surface area contributed by atoms with Crippen LogP contribution in [-0.2, 0) is 0 Å². The lowest BCUT2D eigenvalue weighted by Gasteiger charge is -1.89. The first kappa shape index (κ1) is 7.88. The van der Waals surface area contributed by atoms with Crippen LogP contribution in [0.5, 0.6) is 0 Å². The van der Waals surface area contributed by atoms with Crippen molar-refractivity contribution < 1.29 is 0 Å². The van der Waals surface area contributed by atoms with E-state index < -0.39 is 0 Å². The van der Waals surface area contributed by atoms with E-state index in [-0.39, 0.29) is 0 Å². The van der Waals surface area contributed by atoms with Crippen molar-refractivity contribution in [2.45, 2.75) is 0 Å². The average Bonchev–Trinajstić information content (AvgIpc) is 2.07. The molecule has 0 fully saturated rings. The number of nitrogens with zero attached hydrogens (tertiary/aromatic N) is 1. The second kappa shape index (κ2) is 4.57. The summed E-state index contributed by atoms with van der Waals surface area (Å²) in [6.07, 6.45) is 1.71. The van der Waals surface area contributed by atoms with E-state index in [1.54, 1.807) is 6.21 Å². The third-order valence-electron chi connectivity index (χ3n) is 1.14. The molecule has 1 aromatic rings. The Kier molecular flexibility index (Phi) is 3.28. The molecule has 0 aliphatic carbocycles. The van der Waals surface area contributed by atoms with Crippen molar-refractivity contribution in [1.82, 2.24) is 5.43 Å². The van der Waals surface area contributed by atoms with Crippen LogP contribution in [0.3, 0.4) is 0 Å². The summed E-state index contributed by atoms with van der Waals surface area (Å²) in [5, 5.41) is 3.83. The molecule has 0 amide bonds. The van der Waals surface area contributed by atoms with Gasteiger partial charge in [-0.25, -0.2) is 0 Å². The van der Waals surface area contributed by atoms with Gasteiger partial charge in [0.2, 0.25) is 0 Å². The van der Waals surface area contributed by atoms with E-state index in [1.807, 2.05) is 30.3 Å². The highest BCUT2D eigenvalue weighted by Gasteiger charge is 1.80. The third kappa shape index (κ3) is 2.91. The summed E-state index contributed by atoms with van der Waals surface area (Å²) in [5.41, 5.74) is 4.97. The second-order valence-electron chi connectivity index (χ2n) is 1.92. The largest absolute Gasteiger partial charge is 0.275 e. The van der Waals surface area contributed by atoms with Crippen molar-refractivity contribution in [3.05, 3.63) is 35.9 Å². The maximum Gasteiger partial charge on any atom is 0.0829 e. The number of hydrogen-bond donors (Lipinski definition) is 1. The molecule has 0 aliphatic rings. The Hall–Kier alpha value is -1.22. The maximum atomic E-state index is 4.52. The van der Waals surface area contributed by atoms with Gasteiger partial charge in [0.15, 0.2) is 0 Å². The summed E-state index contributed by atoms with van der Waals surface area (Å²) >= 11 is 4.52. The first-order valence-electron chi connectivity index (χ1n) is 3.21. The van der Waals surface area contributed by atoms with Crippen LogP contribution in [-0.4, -0.2) is 11.7 Å². The van der Waals surface area contributed by atoms with Crippen LogP contribution < -0.4 is 5.43 Å². The number of nitrogens with one attached hydrogen (secondary N) is 1. The molecule has 0 radical (unpaired) electrons. The van der Waals surface area contributed by atoms with E-state index in [1.165, 1.54) is 5.49 Å². The van der Waals surface area contributed by atoms with Crippen molar-refractivity contribution in [3.63, 3.8) is 0 Å². The fraction of sp³-hybridized carbons (Fsp3) is 0. The summed E-state index contributed by atoms with van der Waals surface area (Å²) in [6, 6.07) is 9.81. The molecule has 0 aliphatic heterocycles. The molecule has 56 valence electrons. The second-order valence-corrected chi connectivity index (χ2v) is 2.15. The molecule has 0 atom stereocenters. The zero-order chi connectivity index (χ0) is 7.94. The first-order valence-corrected chi connectivity index (χ1v) is 3.68. The fourth-order valence-corrected chi connectivity index (χ4v) is 0.742. The molecule has 0 unspecified atom stereocenters. The Morgan fingerprint density at radius 2 is 2.00 bits per heavy atom. The van der Waals surface area contributed by atoms with Gasteiger partial charge in [-0.2, -0.15) is 5.10 Å². The number of hydrazone groups is 1. The predicted octanol–water partition coefficient (Wildman–Crippen LogP) is 1.57. The van der Waals surface area contributed by atoms with Gasteiger partial charge >= 0.3 is 0 Å². The van der Waals surface area contributed by atoms with Gasteiger partial charge in [0.1, 0.15) is 0 Å². The minimum atomic E-state index is 1.05. The van der Waals surface area contributed by atoms with Crippen molar-refractivity contribution in [2.75, 3.05) is 0 Å². The van der Waals surface area contributed by atoms with E-state index in [4.69, 9.17) is 0 Å².